The van der Waals surface area contributed by atoms with Crippen molar-refractivity contribution in [2.45, 2.75) is 18.6 Å². The largest absolute Gasteiger partial charge is 0.374 e. The van der Waals surface area contributed by atoms with E-state index in [-0.39, 0.29) is 30.7 Å². The Balaban J connectivity index is 1.94. The molecule has 1 saturated carbocycles. The second-order valence-electron chi connectivity index (χ2n) is 3.19. The predicted molar refractivity (Wildman–Crippen MR) is 39.6 cm³/mol. The van der Waals surface area contributed by atoms with Gasteiger partial charge < -0.3 is 14.2 Å². The first-order chi connectivity index (χ1) is 5.83. The summed E-state index contributed by atoms with van der Waals surface area (Å²) in [4.78, 5) is 11.2. The fourth-order valence-corrected chi connectivity index (χ4v) is 1.85. The number of ketones is 1. The number of Topliss-reactive ketones (excluding diaryl/α,β-unsaturated/α-hetero) is 1. The highest BCUT2D eigenvalue weighted by Gasteiger charge is 2.49. The number of hydrogen-bond acceptors (Lipinski definition) is 4. The molecule has 1 aliphatic heterocycles. The van der Waals surface area contributed by atoms with Gasteiger partial charge in [-0.2, -0.15) is 0 Å². The highest BCUT2D eigenvalue weighted by molar-refractivity contribution is 5.85. The van der Waals surface area contributed by atoms with Crippen LogP contribution in [0.4, 0.5) is 0 Å². The molecule has 2 rings (SSSR count). The van der Waals surface area contributed by atoms with Crippen LogP contribution in [0.25, 0.3) is 0 Å². The molecule has 68 valence electrons. The van der Waals surface area contributed by atoms with Crippen LogP contribution in [0.2, 0.25) is 0 Å². The molecular weight excluding hydrogens is 160 g/mol. The van der Waals surface area contributed by atoms with Crippen LogP contribution in [0, 0.1) is 5.92 Å². The van der Waals surface area contributed by atoms with Gasteiger partial charge in [0.2, 0.25) is 0 Å². The molecular formula is C8H12O4. The van der Waals surface area contributed by atoms with Gasteiger partial charge in [-0.1, -0.05) is 0 Å². The third-order valence-corrected chi connectivity index (χ3v) is 2.45. The quantitative estimate of drug-likeness (QED) is 0.560. The van der Waals surface area contributed by atoms with Crippen molar-refractivity contribution in [2.24, 2.45) is 5.92 Å². The predicted octanol–water partition coefficient (Wildman–Crippen LogP) is -0.0367. The molecule has 0 aromatic carbocycles. The summed E-state index contributed by atoms with van der Waals surface area (Å²) in [6, 6.07) is 0. The second-order valence-corrected chi connectivity index (χ2v) is 3.19. The van der Waals surface area contributed by atoms with Crippen molar-refractivity contribution in [3.8, 4) is 0 Å². The van der Waals surface area contributed by atoms with Crippen molar-refractivity contribution in [2.75, 3.05) is 20.5 Å². The summed E-state index contributed by atoms with van der Waals surface area (Å²) < 4.78 is 15.4. The van der Waals surface area contributed by atoms with Gasteiger partial charge in [-0.3, -0.25) is 4.79 Å². The van der Waals surface area contributed by atoms with E-state index >= 15 is 0 Å². The van der Waals surface area contributed by atoms with Gasteiger partial charge in [-0.15, -0.1) is 0 Å². The van der Waals surface area contributed by atoms with E-state index in [1.807, 2.05) is 0 Å². The van der Waals surface area contributed by atoms with Crippen molar-refractivity contribution < 1.29 is 19.0 Å². The Bertz CT molecular complexity index is 191. The molecule has 4 heteroatoms. The maximum Gasteiger partial charge on any atom is 0.146 e. The Morgan fingerprint density at radius 2 is 2.50 bits per heavy atom. The minimum atomic E-state index is -0.0579. The minimum Gasteiger partial charge on any atom is -0.374 e. The Morgan fingerprint density at radius 3 is 3.00 bits per heavy atom. The zero-order valence-electron chi connectivity index (χ0n) is 6.99. The van der Waals surface area contributed by atoms with Crippen LogP contribution in [0.3, 0.4) is 0 Å². The molecule has 4 nitrogen and oxygen atoms in total. The monoisotopic (exact) mass is 172 g/mol. The Kier molecular flexibility index (Phi) is 2.12. The molecule has 0 amide bonds. The summed E-state index contributed by atoms with van der Waals surface area (Å²) in [7, 11) is 1.57. The molecule has 0 N–H and O–H groups in total. The van der Waals surface area contributed by atoms with E-state index in [0.717, 1.165) is 0 Å². The van der Waals surface area contributed by atoms with Crippen LogP contribution >= 0.6 is 0 Å². The zero-order valence-corrected chi connectivity index (χ0v) is 6.99. The van der Waals surface area contributed by atoms with E-state index in [2.05, 4.69) is 0 Å². The molecule has 0 radical (unpaired) electrons. The topological polar surface area (TPSA) is 44.8 Å². The van der Waals surface area contributed by atoms with E-state index in [0.29, 0.717) is 13.0 Å². The molecule has 2 bridgehead atoms. The fraction of sp³-hybridized carbons (Fsp3) is 0.875. The molecule has 12 heavy (non-hydrogen) atoms. The second kappa shape index (κ2) is 3.12. The lowest BCUT2D eigenvalue weighted by Gasteiger charge is -2.12. The summed E-state index contributed by atoms with van der Waals surface area (Å²) in [6.45, 7) is 0.770. The first-order valence-corrected chi connectivity index (χ1v) is 4.08. The Morgan fingerprint density at radius 1 is 1.67 bits per heavy atom. The van der Waals surface area contributed by atoms with Crippen molar-refractivity contribution in [1.82, 2.24) is 0 Å². The molecule has 0 aromatic rings. The highest BCUT2D eigenvalue weighted by atomic mass is 16.7. The maximum absolute atomic E-state index is 11.2. The number of rotatable bonds is 3. The summed E-state index contributed by atoms with van der Waals surface area (Å²) in [5.41, 5.74) is 0. The number of hydrogen-bond donors (Lipinski definition) is 0. The average Bonchev–Trinajstić information content (AvgIpc) is 2.56. The summed E-state index contributed by atoms with van der Waals surface area (Å²) in [5, 5.41) is 0. The SMILES string of the molecule is COCO[C@@H]1[C@@H]2CC(=O)[C@H]1CO2. The van der Waals surface area contributed by atoms with Gasteiger partial charge >= 0.3 is 0 Å². The molecule has 2 aliphatic rings. The van der Waals surface area contributed by atoms with Gasteiger partial charge in [0.25, 0.3) is 0 Å². The molecule has 0 aromatic heterocycles. The zero-order chi connectivity index (χ0) is 8.55. The van der Waals surface area contributed by atoms with Crippen molar-refractivity contribution in [3.05, 3.63) is 0 Å². The normalized spacial score (nSPS) is 39.4. The molecule has 3 atom stereocenters. The third-order valence-electron chi connectivity index (χ3n) is 2.45. The van der Waals surface area contributed by atoms with Crippen molar-refractivity contribution in [3.63, 3.8) is 0 Å². The van der Waals surface area contributed by atoms with Crippen LogP contribution in [0.15, 0.2) is 0 Å². The van der Waals surface area contributed by atoms with Crippen LogP contribution in [0.1, 0.15) is 6.42 Å². The molecule has 1 saturated heterocycles. The molecule has 2 fully saturated rings. The molecule has 0 unspecified atom stereocenters. The van der Waals surface area contributed by atoms with Crippen LogP contribution in [0.5, 0.6) is 0 Å². The third kappa shape index (κ3) is 1.16. The van der Waals surface area contributed by atoms with E-state index in [4.69, 9.17) is 14.2 Å². The number of methoxy groups -OCH3 is 1. The highest BCUT2D eigenvalue weighted by Crippen LogP contribution is 2.34. The van der Waals surface area contributed by atoms with E-state index in [1.54, 1.807) is 7.11 Å². The number of carbonyl (C=O) groups excluding carboxylic acids is 1. The van der Waals surface area contributed by atoms with E-state index in [1.165, 1.54) is 0 Å². The molecule has 0 spiro atoms. The van der Waals surface area contributed by atoms with Gasteiger partial charge in [-0.25, -0.2) is 0 Å². The van der Waals surface area contributed by atoms with Gasteiger partial charge in [0.05, 0.1) is 24.7 Å². The summed E-state index contributed by atoms with van der Waals surface area (Å²) >= 11 is 0. The Labute approximate surface area is 70.8 Å². The van der Waals surface area contributed by atoms with Gasteiger partial charge in [0, 0.05) is 13.5 Å². The standard InChI is InChI=1S/C8H12O4/c1-10-4-12-8-5-3-11-7(8)2-6(5)9/h5,7-8H,2-4H2,1H3/t5-,7+,8+/m1/s1. The van der Waals surface area contributed by atoms with E-state index in [9.17, 15) is 4.79 Å². The fourth-order valence-electron chi connectivity index (χ4n) is 1.85. The first kappa shape index (κ1) is 8.16. The van der Waals surface area contributed by atoms with Gasteiger partial charge in [0.15, 0.2) is 0 Å². The van der Waals surface area contributed by atoms with Gasteiger partial charge in [0.1, 0.15) is 12.6 Å². The minimum absolute atomic E-state index is 0.0161. The van der Waals surface area contributed by atoms with Crippen LogP contribution in [-0.4, -0.2) is 38.5 Å². The van der Waals surface area contributed by atoms with Gasteiger partial charge in [-0.05, 0) is 0 Å². The lowest BCUT2D eigenvalue weighted by Crippen LogP contribution is -2.24. The summed E-state index contributed by atoms with van der Waals surface area (Å²) in [6.07, 6.45) is 0.439. The summed E-state index contributed by atoms with van der Waals surface area (Å²) in [5.74, 6) is 0.234. The number of carbonyl (C=O) groups is 1. The lowest BCUT2D eigenvalue weighted by molar-refractivity contribution is -0.126. The first-order valence-electron chi connectivity index (χ1n) is 4.08. The van der Waals surface area contributed by atoms with Crippen molar-refractivity contribution >= 4 is 5.78 Å². The lowest BCUT2D eigenvalue weighted by atomic mass is 10.1. The smallest absolute Gasteiger partial charge is 0.146 e. The number of ether oxygens (including phenoxy) is 3. The average molecular weight is 172 g/mol. The molecule has 1 heterocycles. The van der Waals surface area contributed by atoms with Crippen LogP contribution < -0.4 is 0 Å². The van der Waals surface area contributed by atoms with E-state index < -0.39 is 0 Å². The number of fused-ring (bicyclic) bond motifs is 2. The molecule has 1 aliphatic carbocycles. The van der Waals surface area contributed by atoms with Crippen molar-refractivity contribution in [1.29, 1.82) is 0 Å². The maximum atomic E-state index is 11.2. The van der Waals surface area contributed by atoms with Crippen LogP contribution in [-0.2, 0) is 19.0 Å². The Hall–Kier alpha value is -0.450.